The van der Waals surface area contributed by atoms with Crippen LogP contribution in [0.3, 0.4) is 0 Å². The van der Waals surface area contributed by atoms with E-state index in [-0.39, 0.29) is 5.56 Å². The van der Waals surface area contributed by atoms with Crippen LogP contribution in [-0.4, -0.2) is 30.5 Å². The maximum Gasteiger partial charge on any atom is 0.368 e. The van der Waals surface area contributed by atoms with Gasteiger partial charge in [0.2, 0.25) is 0 Å². The molecule has 0 aliphatic rings. The van der Waals surface area contributed by atoms with Gasteiger partial charge in [0.1, 0.15) is 17.4 Å². The third kappa shape index (κ3) is 6.78. The normalized spacial score (nSPS) is 11.3. The summed E-state index contributed by atoms with van der Waals surface area (Å²) in [5.74, 6) is -2.04. The lowest BCUT2D eigenvalue weighted by atomic mass is 10.1. The molecule has 0 aromatic heterocycles. The van der Waals surface area contributed by atoms with Crippen molar-refractivity contribution in [2.75, 3.05) is 11.9 Å². The Morgan fingerprint density at radius 1 is 1.03 bits per heavy atom. The van der Waals surface area contributed by atoms with Crippen molar-refractivity contribution in [2.45, 2.75) is 32.7 Å². The van der Waals surface area contributed by atoms with Gasteiger partial charge in [-0.3, -0.25) is 14.6 Å². The van der Waals surface area contributed by atoms with Crippen LogP contribution in [-0.2, 0) is 30.8 Å². The van der Waals surface area contributed by atoms with Gasteiger partial charge in [-0.25, -0.2) is 9.59 Å². The van der Waals surface area contributed by atoms with Crippen LogP contribution in [0, 0.1) is 0 Å². The number of rotatable bonds is 11. The highest BCUT2D eigenvalue weighted by Crippen LogP contribution is 2.27. The topological polar surface area (TPSA) is 126 Å². The van der Waals surface area contributed by atoms with Gasteiger partial charge in [0, 0.05) is 18.4 Å². The number of anilines is 1. The molecule has 2 rings (SSSR count). The van der Waals surface area contributed by atoms with Gasteiger partial charge in [0.05, 0.1) is 12.3 Å². The van der Waals surface area contributed by atoms with E-state index in [1.165, 1.54) is 0 Å². The molecule has 0 radical (unpaired) electrons. The van der Waals surface area contributed by atoms with Crippen molar-refractivity contribution in [2.24, 2.45) is 5.73 Å². The maximum absolute atomic E-state index is 12.1. The number of hydrogen-bond acceptors (Lipinski definition) is 8. The fraction of sp³-hybridized carbons (Fsp3) is 0.286. The van der Waals surface area contributed by atoms with Crippen molar-refractivity contribution in [1.82, 2.24) is 0 Å². The molecule has 2 aromatic rings. The third-order valence-corrected chi connectivity index (χ3v) is 4.05. The van der Waals surface area contributed by atoms with Crippen molar-refractivity contribution in [3.63, 3.8) is 0 Å². The number of primary amides is 1. The highest BCUT2D eigenvalue weighted by Gasteiger charge is 2.23. The number of nitrogens with one attached hydrogen (secondary N) is 1. The number of ether oxygens (including phenoxy) is 1. The Kier molecular flexibility index (Phi) is 8.64. The second kappa shape index (κ2) is 11.4. The number of carbonyl (C=O) groups excluding carboxylic acids is 3. The van der Waals surface area contributed by atoms with Crippen molar-refractivity contribution >= 4 is 23.5 Å². The molecule has 1 amide bonds. The molecule has 0 bridgehead atoms. The van der Waals surface area contributed by atoms with Gasteiger partial charge < -0.3 is 15.8 Å². The molecule has 3 N–H and O–H groups in total. The molecular weight excluding hydrogens is 392 g/mol. The van der Waals surface area contributed by atoms with Crippen LogP contribution < -0.4 is 15.8 Å². The maximum atomic E-state index is 12.1. The second-order valence-electron chi connectivity index (χ2n) is 6.28. The number of hydrogen-bond donors (Lipinski definition) is 2. The van der Waals surface area contributed by atoms with E-state index >= 15 is 0 Å². The Balaban J connectivity index is 2.09. The molecule has 0 spiro atoms. The Morgan fingerprint density at radius 3 is 2.40 bits per heavy atom. The summed E-state index contributed by atoms with van der Waals surface area (Å²) in [6, 6.07) is 13.7. The van der Waals surface area contributed by atoms with Crippen molar-refractivity contribution in [1.29, 1.82) is 0 Å². The van der Waals surface area contributed by atoms with E-state index in [2.05, 4.69) is 20.1 Å². The fourth-order valence-corrected chi connectivity index (χ4v) is 2.62. The zero-order valence-corrected chi connectivity index (χ0v) is 16.8. The molecule has 1 unspecified atom stereocenters. The molecule has 0 saturated carbocycles. The van der Waals surface area contributed by atoms with E-state index in [1.807, 2.05) is 30.3 Å². The lowest BCUT2D eigenvalue weighted by Gasteiger charge is -2.19. The summed E-state index contributed by atoms with van der Waals surface area (Å²) < 4.78 is 5.77. The Hall–Kier alpha value is -3.59. The van der Waals surface area contributed by atoms with Gasteiger partial charge in [0.25, 0.3) is 5.91 Å². The minimum atomic E-state index is -0.891. The summed E-state index contributed by atoms with van der Waals surface area (Å²) in [5.41, 5.74) is 7.05. The van der Waals surface area contributed by atoms with Crippen LogP contribution in [0.25, 0.3) is 0 Å². The molecule has 9 nitrogen and oxygen atoms in total. The van der Waals surface area contributed by atoms with E-state index in [4.69, 9.17) is 10.5 Å². The number of carbonyl (C=O) groups is 3. The largest absolute Gasteiger partial charge is 0.492 e. The predicted molar refractivity (Wildman–Crippen MR) is 107 cm³/mol. The van der Waals surface area contributed by atoms with E-state index in [9.17, 15) is 14.4 Å². The number of nitrogens with two attached hydrogens (primary N) is 1. The molecule has 0 aliphatic heterocycles. The average molecular weight is 416 g/mol. The summed E-state index contributed by atoms with van der Waals surface area (Å²) >= 11 is 0. The molecular formula is C21H24N2O7. The molecule has 2 aromatic carbocycles. The number of benzene rings is 2. The van der Waals surface area contributed by atoms with Gasteiger partial charge in [-0.15, -0.1) is 0 Å². The van der Waals surface area contributed by atoms with Crippen LogP contribution in [0.2, 0.25) is 0 Å². The van der Waals surface area contributed by atoms with E-state index in [0.29, 0.717) is 30.9 Å². The Bertz CT molecular complexity index is 871. The molecule has 1 atom stereocenters. The first kappa shape index (κ1) is 22.7. The monoisotopic (exact) mass is 416 g/mol. The van der Waals surface area contributed by atoms with E-state index in [0.717, 1.165) is 12.5 Å². The third-order valence-electron chi connectivity index (χ3n) is 4.05. The minimum absolute atomic E-state index is 0.109. The zero-order chi connectivity index (χ0) is 21.9. The van der Waals surface area contributed by atoms with Gasteiger partial charge in [-0.2, -0.15) is 0 Å². The molecule has 0 heterocycles. The van der Waals surface area contributed by atoms with Gasteiger partial charge in [-0.05, 0) is 24.1 Å². The predicted octanol–water partition coefficient (Wildman–Crippen LogP) is 2.55. The zero-order valence-electron chi connectivity index (χ0n) is 16.8. The molecule has 30 heavy (non-hydrogen) atoms. The van der Waals surface area contributed by atoms with Crippen molar-refractivity contribution in [3.05, 3.63) is 59.7 Å². The van der Waals surface area contributed by atoms with Gasteiger partial charge in [0.15, 0.2) is 0 Å². The van der Waals surface area contributed by atoms with Crippen LogP contribution in [0.5, 0.6) is 5.75 Å². The lowest BCUT2D eigenvalue weighted by Crippen LogP contribution is -2.32. The quantitative estimate of drug-likeness (QED) is 0.423. The fourth-order valence-electron chi connectivity index (χ4n) is 2.62. The first-order valence-corrected chi connectivity index (χ1v) is 9.34. The molecule has 9 heteroatoms. The minimum Gasteiger partial charge on any atom is -0.492 e. The summed E-state index contributed by atoms with van der Waals surface area (Å²) in [4.78, 5) is 43.4. The van der Waals surface area contributed by atoms with Crippen LogP contribution >= 0.6 is 0 Å². The molecule has 0 aliphatic carbocycles. The molecule has 160 valence electrons. The lowest BCUT2D eigenvalue weighted by molar-refractivity contribution is -0.459. The first-order valence-electron chi connectivity index (χ1n) is 9.34. The van der Waals surface area contributed by atoms with Crippen LogP contribution in [0.15, 0.2) is 48.5 Å². The summed E-state index contributed by atoms with van der Waals surface area (Å²) in [6.45, 7) is 3.14. The standard InChI is InChI=1S/C21H24N2O7/c1-3-16(21(26)29-30-28-14(2)24)23-17-10-7-11-18(19(17)20(22)25)27-13-12-15-8-5-4-6-9-15/h4-11,16,23H,3,12-13H2,1-2H3,(H2,22,25). The van der Waals surface area contributed by atoms with Crippen molar-refractivity contribution < 1.29 is 33.9 Å². The van der Waals surface area contributed by atoms with Crippen LogP contribution in [0.4, 0.5) is 5.69 Å². The van der Waals surface area contributed by atoms with Crippen LogP contribution in [0.1, 0.15) is 36.2 Å². The smallest absolute Gasteiger partial charge is 0.368 e. The SMILES string of the molecule is CCC(Nc1cccc(OCCc2ccccc2)c1C(N)=O)C(=O)OOOC(C)=O. The average Bonchev–Trinajstić information content (AvgIpc) is 2.72. The summed E-state index contributed by atoms with van der Waals surface area (Å²) in [7, 11) is 0. The van der Waals surface area contributed by atoms with E-state index < -0.39 is 23.9 Å². The highest BCUT2D eigenvalue weighted by molar-refractivity contribution is 6.01. The number of amides is 1. The van der Waals surface area contributed by atoms with Gasteiger partial charge >= 0.3 is 11.9 Å². The molecule has 0 fully saturated rings. The Morgan fingerprint density at radius 2 is 1.77 bits per heavy atom. The summed E-state index contributed by atoms with van der Waals surface area (Å²) in [6.07, 6.45) is 0.938. The van der Waals surface area contributed by atoms with Crippen molar-refractivity contribution in [3.8, 4) is 5.75 Å². The van der Waals surface area contributed by atoms with E-state index in [1.54, 1.807) is 25.1 Å². The first-order chi connectivity index (χ1) is 14.4. The van der Waals surface area contributed by atoms with Gasteiger partial charge in [-0.1, -0.05) is 43.3 Å². The summed E-state index contributed by atoms with van der Waals surface area (Å²) in [5, 5.41) is 7.01. The molecule has 0 saturated heterocycles. The Labute approximate surface area is 173 Å². The second-order valence-corrected chi connectivity index (χ2v) is 6.28. The highest BCUT2D eigenvalue weighted by atomic mass is 17.5.